The summed E-state index contributed by atoms with van der Waals surface area (Å²) in [6, 6.07) is 16.2. The Morgan fingerprint density at radius 1 is 1.03 bits per heavy atom. The van der Waals surface area contributed by atoms with Gasteiger partial charge in [0.25, 0.3) is 5.91 Å². The van der Waals surface area contributed by atoms with Gasteiger partial charge in [0.15, 0.2) is 0 Å². The molecule has 0 bridgehead atoms. The third-order valence-electron chi connectivity index (χ3n) is 5.42. The van der Waals surface area contributed by atoms with Crippen molar-refractivity contribution in [2.24, 2.45) is 0 Å². The normalized spacial score (nSPS) is 15.2. The molecule has 0 saturated carbocycles. The molecule has 0 aliphatic carbocycles. The number of hydrogen-bond donors (Lipinski definition) is 2. The van der Waals surface area contributed by atoms with Gasteiger partial charge >= 0.3 is 0 Å². The van der Waals surface area contributed by atoms with Gasteiger partial charge in [-0.2, -0.15) is 0 Å². The lowest BCUT2D eigenvalue weighted by atomic mass is 10.00. The predicted octanol–water partition coefficient (Wildman–Crippen LogP) is 4.11. The highest BCUT2D eigenvalue weighted by molar-refractivity contribution is 6.03. The second-order valence-electron chi connectivity index (χ2n) is 7.77. The molecule has 5 rings (SSSR count). The fraction of sp³-hybridized carbons (Fsp3) is 0.174. The van der Waals surface area contributed by atoms with Crippen molar-refractivity contribution in [1.82, 2.24) is 20.3 Å². The molecule has 1 aliphatic rings. The molecule has 4 aromatic rings. The van der Waals surface area contributed by atoms with Crippen LogP contribution in [0.25, 0.3) is 22.3 Å². The zero-order valence-corrected chi connectivity index (χ0v) is 16.3. The van der Waals surface area contributed by atoms with Gasteiger partial charge in [-0.25, -0.2) is 4.98 Å². The van der Waals surface area contributed by atoms with Crippen LogP contribution in [0.5, 0.6) is 0 Å². The van der Waals surface area contributed by atoms with E-state index < -0.39 is 5.66 Å². The zero-order valence-electron chi connectivity index (χ0n) is 16.3. The molecule has 1 aromatic carbocycles. The van der Waals surface area contributed by atoms with Gasteiger partial charge in [0.1, 0.15) is 11.3 Å². The second-order valence-corrected chi connectivity index (χ2v) is 7.77. The Morgan fingerprint density at radius 2 is 1.86 bits per heavy atom. The molecule has 0 fully saturated rings. The molecule has 0 spiro atoms. The van der Waals surface area contributed by atoms with Crippen LogP contribution in [0.1, 0.15) is 29.8 Å². The lowest BCUT2D eigenvalue weighted by molar-refractivity contribution is 0.0896. The molecule has 6 nitrogen and oxygen atoms in total. The Hall–Kier alpha value is -3.67. The first-order chi connectivity index (χ1) is 14.0. The van der Waals surface area contributed by atoms with Crippen LogP contribution < -0.4 is 10.2 Å². The summed E-state index contributed by atoms with van der Waals surface area (Å²) >= 11 is 0. The number of nitrogens with zero attached hydrogens (tertiary/aromatic N) is 3. The van der Waals surface area contributed by atoms with Crippen molar-refractivity contribution in [3.8, 4) is 11.3 Å². The van der Waals surface area contributed by atoms with Crippen molar-refractivity contribution in [2.75, 3.05) is 4.90 Å². The Kier molecular flexibility index (Phi) is 3.87. The summed E-state index contributed by atoms with van der Waals surface area (Å²) < 4.78 is 0. The molecular formula is C23H21N5O. The van der Waals surface area contributed by atoms with Crippen molar-refractivity contribution in [3.63, 3.8) is 0 Å². The average molecular weight is 383 g/mol. The van der Waals surface area contributed by atoms with Crippen molar-refractivity contribution in [3.05, 3.63) is 78.2 Å². The molecule has 2 N–H and O–H groups in total. The quantitative estimate of drug-likeness (QED) is 0.558. The van der Waals surface area contributed by atoms with Crippen molar-refractivity contribution in [2.45, 2.75) is 26.1 Å². The number of aromatic nitrogens is 3. The number of carbonyl (C=O) groups excluding carboxylic acids is 1. The molecule has 29 heavy (non-hydrogen) atoms. The van der Waals surface area contributed by atoms with E-state index in [0.29, 0.717) is 12.1 Å². The summed E-state index contributed by atoms with van der Waals surface area (Å²) in [6.07, 6.45) is 5.35. The van der Waals surface area contributed by atoms with Crippen LogP contribution >= 0.6 is 0 Å². The van der Waals surface area contributed by atoms with Crippen molar-refractivity contribution >= 4 is 22.6 Å². The van der Waals surface area contributed by atoms with Gasteiger partial charge < -0.3 is 15.2 Å². The molecule has 144 valence electrons. The Morgan fingerprint density at radius 3 is 2.69 bits per heavy atom. The minimum atomic E-state index is -0.527. The molecule has 3 aromatic heterocycles. The predicted molar refractivity (Wildman–Crippen MR) is 113 cm³/mol. The zero-order chi connectivity index (χ0) is 20.0. The van der Waals surface area contributed by atoms with Gasteiger partial charge in [-0.05, 0) is 37.6 Å². The minimum absolute atomic E-state index is 0.103. The number of hydrogen-bond acceptors (Lipinski definition) is 4. The Balaban J connectivity index is 1.65. The monoisotopic (exact) mass is 383 g/mol. The molecule has 1 aliphatic heterocycles. The van der Waals surface area contributed by atoms with Crippen LogP contribution in [0.3, 0.4) is 0 Å². The second kappa shape index (κ2) is 6.44. The highest BCUT2D eigenvalue weighted by atomic mass is 16.2. The number of aromatic amines is 1. The fourth-order valence-corrected chi connectivity index (χ4v) is 3.92. The molecule has 4 heterocycles. The summed E-state index contributed by atoms with van der Waals surface area (Å²) in [5, 5.41) is 4.11. The highest BCUT2D eigenvalue weighted by Crippen LogP contribution is 2.36. The maximum atomic E-state index is 12.7. The molecule has 6 heteroatoms. The topological polar surface area (TPSA) is 73.9 Å². The smallest absolute Gasteiger partial charge is 0.256 e. The van der Waals surface area contributed by atoms with Crippen molar-refractivity contribution in [1.29, 1.82) is 0 Å². The van der Waals surface area contributed by atoms with Gasteiger partial charge in [0.05, 0.1) is 16.9 Å². The molecule has 0 unspecified atom stereocenters. The number of anilines is 1. The van der Waals surface area contributed by atoms with Gasteiger partial charge in [-0.3, -0.25) is 9.78 Å². The van der Waals surface area contributed by atoms with Crippen molar-refractivity contribution < 1.29 is 4.79 Å². The van der Waals surface area contributed by atoms with Crippen LogP contribution in [0.2, 0.25) is 0 Å². The number of nitrogens with one attached hydrogen (secondary N) is 2. The van der Waals surface area contributed by atoms with Gasteiger partial charge in [0, 0.05) is 36.1 Å². The molecule has 1 amide bonds. The number of H-pyrrole nitrogens is 1. The Bertz CT molecular complexity index is 1210. The van der Waals surface area contributed by atoms with E-state index in [0.717, 1.165) is 28.0 Å². The fourth-order valence-electron chi connectivity index (χ4n) is 3.92. The first kappa shape index (κ1) is 17.4. The lowest BCUT2D eigenvalue weighted by Gasteiger charge is -2.45. The summed E-state index contributed by atoms with van der Waals surface area (Å²) in [7, 11) is 0. The lowest BCUT2D eigenvalue weighted by Crippen LogP contribution is -2.60. The molecule has 0 radical (unpaired) electrons. The summed E-state index contributed by atoms with van der Waals surface area (Å²) in [5.41, 5.74) is 4.72. The van der Waals surface area contributed by atoms with E-state index in [1.807, 2.05) is 56.4 Å². The number of pyridine rings is 2. The highest BCUT2D eigenvalue weighted by Gasteiger charge is 2.37. The van der Waals surface area contributed by atoms with Gasteiger partial charge in [-0.15, -0.1) is 0 Å². The van der Waals surface area contributed by atoms with Crippen LogP contribution in [-0.4, -0.2) is 26.5 Å². The SMILES string of the molecule is CC1(C)NC(=O)c2cnc(-c3c[nH]c4ncccc34)cc2N1Cc1ccccc1. The largest absolute Gasteiger partial charge is 0.345 e. The van der Waals surface area contributed by atoms with Gasteiger partial charge in [-0.1, -0.05) is 30.3 Å². The molecular weight excluding hydrogens is 362 g/mol. The van der Waals surface area contributed by atoms with E-state index in [4.69, 9.17) is 0 Å². The number of rotatable bonds is 3. The van der Waals surface area contributed by atoms with E-state index >= 15 is 0 Å². The summed E-state index contributed by atoms with van der Waals surface area (Å²) in [4.78, 5) is 27.1. The van der Waals surface area contributed by atoms with E-state index in [1.165, 1.54) is 5.56 Å². The molecule has 0 saturated heterocycles. The van der Waals surface area contributed by atoms with E-state index in [1.54, 1.807) is 12.4 Å². The average Bonchev–Trinajstić information content (AvgIpc) is 3.15. The van der Waals surface area contributed by atoms with Crippen LogP contribution in [0, 0.1) is 0 Å². The third kappa shape index (κ3) is 2.93. The minimum Gasteiger partial charge on any atom is -0.345 e. The maximum Gasteiger partial charge on any atom is 0.256 e. The van der Waals surface area contributed by atoms with Crippen LogP contribution in [0.4, 0.5) is 5.69 Å². The first-order valence-electron chi connectivity index (χ1n) is 9.59. The molecule has 0 atom stereocenters. The van der Waals surface area contributed by atoms with Crippen LogP contribution in [-0.2, 0) is 6.54 Å². The summed E-state index contributed by atoms with van der Waals surface area (Å²) in [6.45, 7) is 4.72. The Labute approximate surface area is 168 Å². The standard InChI is InChI=1S/C23H21N5O/c1-23(2)27-22(29)18-13-25-19(17-12-26-21-16(17)9-6-10-24-21)11-20(18)28(23)14-15-7-4-3-5-8-15/h3-13H,14H2,1-2H3,(H,24,26)(H,27,29). The number of amides is 1. The van der Waals surface area contributed by atoms with E-state index in [2.05, 4.69) is 37.3 Å². The summed E-state index contributed by atoms with van der Waals surface area (Å²) in [5.74, 6) is -0.103. The van der Waals surface area contributed by atoms with E-state index in [-0.39, 0.29) is 5.91 Å². The third-order valence-corrected chi connectivity index (χ3v) is 5.42. The number of fused-ring (bicyclic) bond motifs is 2. The van der Waals surface area contributed by atoms with Crippen LogP contribution in [0.15, 0.2) is 67.1 Å². The maximum absolute atomic E-state index is 12.7. The number of benzene rings is 1. The van der Waals surface area contributed by atoms with Gasteiger partial charge in [0.2, 0.25) is 0 Å². The van der Waals surface area contributed by atoms with E-state index in [9.17, 15) is 4.79 Å². The first-order valence-corrected chi connectivity index (χ1v) is 9.59. The number of carbonyl (C=O) groups is 1.